The fraction of sp³-hybridized carbons (Fsp3) is 0.250. The van der Waals surface area contributed by atoms with Crippen LogP contribution in [0.25, 0.3) is 22.4 Å². The van der Waals surface area contributed by atoms with Crippen molar-refractivity contribution in [3.63, 3.8) is 0 Å². The van der Waals surface area contributed by atoms with Crippen LogP contribution >= 0.6 is 0 Å². The SMILES string of the molecule is CC.CC.CS(=O)(=O)c1ccc(-c2nn(CCc3ccccc3)cc2-c2ccc(F)cc2)cc1. The predicted octanol–water partition coefficient (Wildman–Crippen LogP) is 7.05. The van der Waals surface area contributed by atoms with E-state index < -0.39 is 9.84 Å². The fourth-order valence-corrected chi connectivity index (χ4v) is 3.97. The molecule has 1 heterocycles. The summed E-state index contributed by atoms with van der Waals surface area (Å²) in [6, 6.07) is 23.1. The molecule has 34 heavy (non-hydrogen) atoms. The second kappa shape index (κ2) is 12.8. The minimum Gasteiger partial charge on any atom is -0.271 e. The van der Waals surface area contributed by atoms with Crippen molar-refractivity contribution in [3.05, 3.63) is 96.4 Å². The zero-order valence-electron chi connectivity index (χ0n) is 20.5. The van der Waals surface area contributed by atoms with Crippen LogP contribution < -0.4 is 0 Å². The first-order valence-electron chi connectivity index (χ1n) is 11.6. The van der Waals surface area contributed by atoms with Gasteiger partial charge in [0.1, 0.15) is 11.5 Å². The van der Waals surface area contributed by atoms with E-state index in [1.165, 1.54) is 24.0 Å². The maximum Gasteiger partial charge on any atom is 0.175 e. The Bertz CT molecular complexity index is 1250. The van der Waals surface area contributed by atoms with Crippen molar-refractivity contribution in [2.75, 3.05) is 6.26 Å². The Morgan fingerprint density at radius 1 is 0.794 bits per heavy atom. The maximum absolute atomic E-state index is 13.4. The van der Waals surface area contributed by atoms with E-state index in [-0.39, 0.29) is 10.7 Å². The quantitative estimate of drug-likeness (QED) is 0.297. The third-order valence-electron chi connectivity index (χ3n) is 4.95. The Morgan fingerprint density at radius 3 is 1.91 bits per heavy atom. The van der Waals surface area contributed by atoms with Crippen LogP contribution in [0.5, 0.6) is 0 Å². The number of nitrogens with zero attached hydrogens (tertiary/aromatic N) is 2. The molecule has 1 aromatic heterocycles. The summed E-state index contributed by atoms with van der Waals surface area (Å²) in [5.41, 5.74) is 4.48. The number of rotatable bonds is 6. The molecule has 6 heteroatoms. The molecule has 4 rings (SSSR count). The Balaban J connectivity index is 0.000000970. The summed E-state index contributed by atoms with van der Waals surface area (Å²) in [6.07, 6.45) is 3.97. The van der Waals surface area contributed by atoms with Crippen LogP contribution in [0.15, 0.2) is 90.0 Å². The smallest absolute Gasteiger partial charge is 0.175 e. The molecular formula is C28H33FN2O2S. The molecule has 0 aliphatic heterocycles. The molecule has 0 bridgehead atoms. The van der Waals surface area contributed by atoms with E-state index >= 15 is 0 Å². The Labute approximate surface area is 203 Å². The third kappa shape index (κ3) is 7.12. The molecular weight excluding hydrogens is 447 g/mol. The molecule has 4 aromatic rings. The van der Waals surface area contributed by atoms with Crippen molar-refractivity contribution in [2.24, 2.45) is 0 Å². The minimum absolute atomic E-state index is 0.262. The van der Waals surface area contributed by atoms with E-state index in [1.54, 1.807) is 36.4 Å². The van der Waals surface area contributed by atoms with Gasteiger partial charge in [-0.15, -0.1) is 0 Å². The maximum atomic E-state index is 13.4. The van der Waals surface area contributed by atoms with Crippen LogP contribution in [-0.4, -0.2) is 24.5 Å². The van der Waals surface area contributed by atoms with Gasteiger partial charge in [-0.2, -0.15) is 5.10 Å². The van der Waals surface area contributed by atoms with Gasteiger partial charge >= 0.3 is 0 Å². The van der Waals surface area contributed by atoms with Crippen LogP contribution in [-0.2, 0) is 22.8 Å². The summed E-state index contributed by atoms with van der Waals surface area (Å²) in [5, 5.41) is 4.76. The second-order valence-electron chi connectivity index (χ2n) is 7.19. The van der Waals surface area contributed by atoms with Crippen molar-refractivity contribution >= 4 is 9.84 Å². The highest BCUT2D eigenvalue weighted by Crippen LogP contribution is 2.32. The molecule has 0 aliphatic rings. The zero-order valence-corrected chi connectivity index (χ0v) is 21.3. The van der Waals surface area contributed by atoms with E-state index in [0.717, 1.165) is 28.8 Å². The van der Waals surface area contributed by atoms with Gasteiger partial charge in [0.15, 0.2) is 9.84 Å². The van der Waals surface area contributed by atoms with E-state index in [0.29, 0.717) is 6.54 Å². The summed E-state index contributed by atoms with van der Waals surface area (Å²) in [7, 11) is -3.27. The molecule has 0 fully saturated rings. The molecule has 0 unspecified atom stereocenters. The van der Waals surface area contributed by atoms with E-state index in [1.807, 2.05) is 56.8 Å². The van der Waals surface area contributed by atoms with Gasteiger partial charge in [-0.25, -0.2) is 12.8 Å². The molecule has 0 spiro atoms. The highest BCUT2D eigenvalue weighted by atomic mass is 32.2. The van der Waals surface area contributed by atoms with Crippen LogP contribution in [0.4, 0.5) is 4.39 Å². The molecule has 4 nitrogen and oxygen atoms in total. The molecule has 0 amide bonds. The average molecular weight is 481 g/mol. The van der Waals surface area contributed by atoms with Crippen LogP contribution in [0.3, 0.4) is 0 Å². The molecule has 0 atom stereocenters. The van der Waals surface area contributed by atoms with Crippen LogP contribution in [0, 0.1) is 5.82 Å². The summed E-state index contributed by atoms with van der Waals surface area (Å²) >= 11 is 0. The first-order valence-corrected chi connectivity index (χ1v) is 13.5. The summed E-state index contributed by atoms with van der Waals surface area (Å²) < 4.78 is 38.8. The minimum atomic E-state index is -3.27. The van der Waals surface area contributed by atoms with Crippen molar-refractivity contribution in [1.82, 2.24) is 9.78 Å². The van der Waals surface area contributed by atoms with Crippen LogP contribution in [0.1, 0.15) is 33.3 Å². The summed E-state index contributed by atoms with van der Waals surface area (Å²) in [4.78, 5) is 0.262. The number of aryl methyl sites for hydroxylation is 2. The van der Waals surface area contributed by atoms with Gasteiger partial charge < -0.3 is 0 Å². The number of hydrogen-bond acceptors (Lipinski definition) is 3. The number of halogens is 1. The van der Waals surface area contributed by atoms with Gasteiger partial charge in [-0.3, -0.25) is 4.68 Å². The molecule has 0 radical (unpaired) electrons. The molecule has 180 valence electrons. The molecule has 0 N–H and O–H groups in total. The lowest BCUT2D eigenvalue weighted by molar-refractivity contribution is 0.602. The average Bonchev–Trinajstić information content (AvgIpc) is 3.30. The monoisotopic (exact) mass is 480 g/mol. The first kappa shape index (κ1) is 27.0. The largest absolute Gasteiger partial charge is 0.271 e. The van der Waals surface area contributed by atoms with Crippen molar-refractivity contribution < 1.29 is 12.8 Å². The molecule has 0 aliphatic carbocycles. The Hall–Kier alpha value is -3.25. The standard InChI is InChI=1S/C24H21FN2O2S.2C2H6/c1-30(28,29)22-13-9-20(10-14-22)24-23(19-7-11-21(25)12-8-19)17-27(26-24)16-15-18-5-3-2-4-6-18;2*1-2/h2-14,17H,15-16H2,1H3;2*1-2H3. The third-order valence-corrected chi connectivity index (χ3v) is 6.07. The highest BCUT2D eigenvalue weighted by Gasteiger charge is 2.15. The van der Waals surface area contributed by atoms with Gasteiger partial charge in [-0.05, 0) is 41.8 Å². The zero-order chi connectivity index (χ0) is 25.1. The summed E-state index contributed by atoms with van der Waals surface area (Å²) in [6.45, 7) is 8.69. The van der Waals surface area contributed by atoms with Crippen molar-refractivity contribution in [2.45, 2.75) is 45.6 Å². The molecule has 0 saturated carbocycles. The number of aromatic nitrogens is 2. The Kier molecular flexibility index (Phi) is 10.2. The molecule has 3 aromatic carbocycles. The van der Waals surface area contributed by atoms with Gasteiger partial charge in [-0.1, -0.05) is 82.3 Å². The topological polar surface area (TPSA) is 52.0 Å². The van der Waals surface area contributed by atoms with Crippen molar-refractivity contribution in [3.8, 4) is 22.4 Å². The number of benzene rings is 3. The molecule has 0 saturated heterocycles. The predicted molar refractivity (Wildman–Crippen MR) is 139 cm³/mol. The first-order chi connectivity index (χ1) is 16.4. The van der Waals surface area contributed by atoms with Crippen molar-refractivity contribution in [1.29, 1.82) is 0 Å². The van der Waals surface area contributed by atoms with E-state index in [4.69, 9.17) is 5.10 Å². The highest BCUT2D eigenvalue weighted by molar-refractivity contribution is 7.90. The van der Waals surface area contributed by atoms with Gasteiger partial charge in [0.05, 0.1) is 4.90 Å². The normalized spacial score (nSPS) is 10.5. The van der Waals surface area contributed by atoms with Gasteiger partial charge in [0, 0.05) is 30.1 Å². The lowest BCUT2D eigenvalue weighted by atomic mass is 10.0. The second-order valence-corrected chi connectivity index (χ2v) is 9.21. The van der Waals surface area contributed by atoms with Crippen LogP contribution in [0.2, 0.25) is 0 Å². The lowest BCUT2D eigenvalue weighted by Gasteiger charge is -2.04. The Morgan fingerprint density at radius 2 is 1.35 bits per heavy atom. The van der Waals surface area contributed by atoms with E-state index in [9.17, 15) is 12.8 Å². The van der Waals surface area contributed by atoms with Gasteiger partial charge in [0.25, 0.3) is 0 Å². The fourth-order valence-electron chi connectivity index (χ4n) is 3.34. The lowest BCUT2D eigenvalue weighted by Crippen LogP contribution is -2.02. The summed E-state index contributed by atoms with van der Waals surface area (Å²) in [5.74, 6) is -0.297. The number of sulfone groups is 1. The van der Waals surface area contributed by atoms with Gasteiger partial charge in [0.2, 0.25) is 0 Å². The van der Waals surface area contributed by atoms with E-state index in [2.05, 4.69) is 12.1 Å². The number of hydrogen-bond donors (Lipinski definition) is 0.